The van der Waals surface area contributed by atoms with E-state index in [2.05, 4.69) is 10.2 Å². The third kappa shape index (κ3) is 3.99. The summed E-state index contributed by atoms with van der Waals surface area (Å²) in [7, 11) is 1.97. The van der Waals surface area contributed by atoms with Crippen molar-refractivity contribution < 1.29 is 23.2 Å². The fourth-order valence-corrected chi connectivity index (χ4v) is 3.88. The van der Waals surface area contributed by atoms with Gasteiger partial charge >= 0.3 is 0 Å². The number of benzene rings is 2. The van der Waals surface area contributed by atoms with E-state index in [0.29, 0.717) is 37.4 Å². The Balaban J connectivity index is 1.77. The number of anilines is 2. The van der Waals surface area contributed by atoms with Gasteiger partial charge in [0.1, 0.15) is 5.70 Å². The Morgan fingerprint density at radius 1 is 0.906 bits per heavy atom. The van der Waals surface area contributed by atoms with Gasteiger partial charge < -0.3 is 15.1 Å². The Hall–Kier alpha value is -3.59. The molecule has 2 aromatic carbocycles. The Morgan fingerprint density at radius 3 is 2.16 bits per heavy atom. The standard InChI is InChI=1S/C23H22F2N4O3/c1-14(30)26-16-5-3-15(4-6-16)20-21(28-11-9-27(2)10-12-28)23(32)29(22(20)31)17-7-8-18(24)19(25)13-17/h3-8,13H,9-12H2,1-2H3,(H,26,30). The van der Waals surface area contributed by atoms with E-state index in [1.165, 1.54) is 13.0 Å². The van der Waals surface area contributed by atoms with Gasteiger partial charge in [0.2, 0.25) is 5.91 Å². The summed E-state index contributed by atoms with van der Waals surface area (Å²) in [6.07, 6.45) is 0. The molecule has 7 nitrogen and oxygen atoms in total. The zero-order valence-corrected chi connectivity index (χ0v) is 17.7. The molecular weight excluding hydrogens is 418 g/mol. The molecule has 2 aliphatic rings. The van der Waals surface area contributed by atoms with E-state index in [0.717, 1.165) is 17.0 Å². The number of piperazine rings is 1. The SMILES string of the molecule is CC(=O)Nc1ccc(C2=C(N3CCN(C)CC3)C(=O)N(c3ccc(F)c(F)c3)C2=O)cc1. The van der Waals surface area contributed by atoms with Crippen LogP contribution >= 0.6 is 0 Å². The Bertz CT molecular complexity index is 1120. The maximum Gasteiger partial charge on any atom is 0.282 e. The van der Waals surface area contributed by atoms with Gasteiger partial charge in [-0.1, -0.05) is 12.1 Å². The number of hydrogen-bond donors (Lipinski definition) is 1. The van der Waals surface area contributed by atoms with Crippen molar-refractivity contribution >= 4 is 34.7 Å². The number of imide groups is 1. The molecule has 2 aromatic rings. The lowest BCUT2D eigenvalue weighted by molar-refractivity contribution is -0.121. The molecule has 0 aromatic heterocycles. The molecule has 9 heteroatoms. The molecule has 1 saturated heterocycles. The minimum Gasteiger partial charge on any atom is -0.364 e. The van der Waals surface area contributed by atoms with Gasteiger partial charge in [-0.25, -0.2) is 13.7 Å². The van der Waals surface area contributed by atoms with Crippen molar-refractivity contribution in [3.8, 4) is 0 Å². The molecule has 0 saturated carbocycles. The normalized spacial score (nSPS) is 17.4. The lowest BCUT2D eigenvalue weighted by Crippen LogP contribution is -2.46. The zero-order chi connectivity index (χ0) is 23.0. The van der Waals surface area contributed by atoms with E-state index < -0.39 is 23.4 Å². The first kappa shape index (κ1) is 21.6. The van der Waals surface area contributed by atoms with Crippen LogP contribution in [-0.2, 0) is 14.4 Å². The molecule has 4 rings (SSSR count). The van der Waals surface area contributed by atoms with Gasteiger partial charge in [-0.05, 0) is 36.9 Å². The maximum absolute atomic E-state index is 13.9. The predicted octanol–water partition coefficient (Wildman–Crippen LogP) is 2.46. The van der Waals surface area contributed by atoms with Gasteiger partial charge in [-0.2, -0.15) is 0 Å². The number of hydrogen-bond acceptors (Lipinski definition) is 5. The summed E-state index contributed by atoms with van der Waals surface area (Å²) in [6, 6.07) is 9.52. The number of nitrogens with zero attached hydrogens (tertiary/aromatic N) is 3. The Kier molecular flexibility index (Phi) is 5.75. The molecule has 0 unspecified atom stereocenters. The van der Waals surface area contributed by atoms with Gasteiger partial charge in [0.05, 0.1) is 11.3 Å². The minimum atomic E-state index is -1.14. The largest absolute Gasteiger partial charge is 0.364 e. The van der Waals surface area contributed by atoms with Crippen LogP contribution in [0, 0.1) is 11.6 Å². The number of likely N-dealkylation sites (N-methyl/N-ethyl adjacent to an activating group) is 1. The molecule has 3 amide bonds. The highest BCUT2D eigenvalue weighted by atomic mass is 19.2. The monoisotopic (exact) mass is 440 g/mol. The van der Waals surface area contributed by atoms with Gasteiger partial charge in [-0.3, -0.25) is 14.4 Å². The summed E-state index contributed by atoms with van der Waals surface area (Å²) in [5.41, 5.74) is 1.45. The number of carbonyl (C=O) groups excluding carboxylic acids is 3. The second-order valence-corrected chi connectivity index (χ2v) is 7.82. The average Bonchev–Trinajstić information content (AvgIpc) is 3.01. The molecular formula is C23H22F2N4O3. The molecule has 0 radical (unpaired) electrons. The number of rotatable bonds is 4. The lowest BCUT2D eigenvalue weighted by Gasteiger charge is -2.34. The van der Waals surface area contributed by atoms with Crippen LogP contribution in [0.5, 0.6) is 0 Å². The fraction of sp³-hybridized carbons (Fsp3) is 0.261. The summed E-state index contributed by atoms with van der Waals surface area (Å²) in [5.74, 6) is -3.62. The third-order valence-corrected chi connectivity index (χ3v) is 5.53. The molecule has 0 aliphatic carbocycles. The molecule has 2 heterocycles. The highest BCUT2D eigenvalue weighted by molar-refractivity contribution is 6.45. The topological polar surface area (TPSA) is 73.0 Å². The second kappa shape index (κ2) is 8.51. The predicted molar refractivity (Wildman–Crippen MR) is 116 cm³/mol. The molecule has 166 valence electrons. The van der Waals surface area contributed by atoms with Gasteiger partial charge in [-0.15, -0.1) is 0 Å². The summed E-state index contributed by atoms with van der Waals surface area (Å²) >= 11 is 0. The van der Waals surface area contributed by atoms with Crippen molar-refractivity contribution in [2.75, 3.05) is 43.4 Å². The van der Waals surface area contributed by atoms with E-state index in [4.69, 9.17) is 0 Å². The first-order valence-electron chi connectivity index (χ1n) is 10.2. The van der Waals surface area contributed by atoms with E-state index in [1.807, 2.05) is 11.9 Å². The molecule has 0 atom stereocenters. The molecule has 0 bridgehead atoms. The van der Waals surface area contributed by atoms with E-state index in [1.54, 1.807) is 24.3 Å². The van der Waals surface area contributed by atoms with Crippen LogP contribution in [0.15, 0.2) is 48.2 Å². The van der Waals surface area contributed by atoms with Crippen molar-refractivity contribution in [3.63, 3.8) is 0 Å². The van der Waals surface area contributed by atoms with Crippen molar-refractivity contribution in [3.05, 3.63) is 65.4 Å². The van der Waals surface area contributed by atoms with Crippen LogP contribution in [0.2, 0.25) is 0 Å². The smallest absolute Gasteiger partial charge is 0.282 e. The highest BCUT2D eigenvalue weighted by Gasteiger charge is 2.43. The van der Waals surface area contributed by atoms with Crippen molar-refractivity contribution in [1.82, 2.24) is 9.80 Å². The second-order valence-electron chi connectivity index (χ2n) is 7.82. The number of amides is 3. The number of carbonyl (C=O) groups is 3. The van der Waals surface area contributed by atoms with Gasteiger partial charge in [0.15, 0.2) is 11.6 Å². The van der Waals surface area contributed by atoms with Crippen molar-refractivity contribution in [2.45, 2.75) is 6.92 Å². The van der Waals surface area contributed by atoms with Crippen molar-refractivity contribution in [1.29, 1.82) is 0 Å². The Morgan fingerprint density at radius 2 is 1.56 bits per heavy atom. The molecule has 1 N–H and O–H groups in total. The summed E-state index contributed by atoms with van der Waals surface area (Å²) < 4.78 is 27.3. The highest BCUT2D eigenvalue weighted by Crippen LogP contribution is 2.36. The van der Waals surface area contributed by atoms with Gasteiger partial charge in [0.25, 0.3) is 11.8 Å². The third-order valence-electron chi connectivity index (χ3n) is 5.53. The summed E-state index contributed by atoms with van der Waals surface area (Å²) in [6.45, 7) is 3.91. The average molecular weight is 440 g/mol. The fourth-order valence-electron chi connectivity index (χ4n) is 3.88. The lowest BCUT2D eigenvalue weighted by atomic mass is 10.0. The van der Waals surface area contributed by atoms with Crippen LogP contribution in [-0.4, -0.2) is 60.7 Å². The van der Waals surface area contributed by atoms with Crippen LogP contribution in [0.25, 0.3) is 5.57 Å². The quantitative estimate of drug-likeness (QED) is 0.740. The zero-order valence-electron chi connectivity index (χ0n) is 17.7. The van der Waals surface area contributed by atoms with Crippen molar-refractivity contribution in [2.24, 2.45) is 0 Å². The summed E-state index contributed by atoms with van der Waals surface area (Å²) in [5, 5.41) is 2.66. The number of nitrogens with one attached hydrogen (secondary N) is 1. The minimum absolute atomic E-state index is 0.0320. The maximum atomic E-state index is 13.9. The molecule has 2 aliphatic heterocycles. The molecule has 32 heavy (non-hydrogen) atoms. The summed E-state index contributed by atoms with van der Waals surface area (Å²) in [4.78, 5) is 43.0. The van der Waals surface area contributed by atoms with Crippen LogP contribution in [0.3, 0.4) is 0 Å². The van der Waals surface area contributed by atoms with Gasteiger partial charge in [0, 0.05) is 44.9 Å². The first-order valence-corrected chi connectivity index (χ1v) is 10.2. The van der Waals surface area contributed by atoms with Crippen LogP contribution < -0.4 is 10.2 Å². The van der Waals surface area contributed by atoms with E-state index >= 15 is 0 Å². The van der Waals surface area contributed by atoms with E-state index in [-0.39, 0.29) is 22.9 Å². The molecule has 0 spiro atoms. The molecule has 1 fully saturated rings. The number of halogens is 2. The Labute approximate surface area is 183 Å². The van der Waals surface area contributed by atoms with E-state index in [9.17, 15) is 23.2 Å². The van der Waals surface area contributed by atoms with Crippen LogP contribution in [0.4, 0.5) is 20.2 Å². The first-order chi connectivity index (χ1) is 15.3. The van der Waals surface area contributed by atoms with Crippen LogP contribution in [0.1, 0.15) is 12.5 Å².